The van der Waals surface area contributed by atoms with Crippen LogP contribution in [0, 0.1) is 23.2 Å². The number of hydrogen-bond donors (Lipinski definition) is 1. The summed E-state index contributed by atoms with van der Waals surface area (Å²) in [5, 5.41) is 12.2. The van der Waals surface area contributed by atoms with Crippen LogP contribution in [0.1, 0.15) is 83.3 Å². The molecule has 5 nitrogen and oxygen atoms in total. The van der Waals surface area contributed by atoms with E-state index in [4.69, 9.17) is 14.2 Å². The predicted molar refractivity (Wildman–Crippen MR) is 140 cm³/mol. The van der Waals surface area contributed by atoms with Gasteiger partial charge in [-0.1, -0.05) is 19.9 Å². The minimum absolute atomic E-state index is 0.0476. The SMILES string of the molecule is COc1ccc2c3c1O[C@H]1[C@@]4(OC)CC[C@@]5(C[C@@H]4[C@](C)(O)CCC(C)C)[C@@H](C2)N(CC2CC2)CC[C@]315. The Morgan fingerprint density at radius 1 is 1.19 bits per heavy atom. The van der Waals surface area contributed by atoms with Crippen molar-refractivity contribution in [1.82, 2.24) is 4.90 Å². The minimum Gasteiger partial charge on any atom is -0.493 e. The first-order valence-corrected chi connectivity index (χ1v) is 14.6. The summed E-state index contributed by atoms with van der Waals surface area (Å²) in [6.45, 7) is 9.01. The molecule has 4 bridgehead atoms. The van der Waals surface area contributed by atoms with E-state index in [2.05, 4.69) is 37.8 Å². The molecule has 0 radical (unpaired) electrons. The van der Waals surface area contributed by atoms with Gasteiger partial charge in [0.2, 0.25) is 0 Å². The number of piperidine rings is 1. The molecule has 7 aliphatic rings. The third-order valence-electron chi connectivity index (χ3n) is 11.8. The Hall–Kier alpha value is -1.30. The highest BCUT2D eigenvalue weighted by Gasteiger charge is 2.81. The zero-order valence-corrected chi connectivity index (χ0v) is 22.9. The highest BCUT2D eigenvalue weighted by Crippen LogP contribution is 2.77. The predicted octanol–water partition coefficient (Wildman–Crippen LogP) is 5.11. The number of likely N-dealkylation sites (tertiary alicyclic amines) is 1. The summed E-state index contributed by atoms with van der Waals surface area (Å²) in [5.74, 6) is 3.35. The van der Waals surface area contributed by atoms with Gasteiger partial charge in [0, 0.05) is 42.0 Å². The lowest BCUT2D eigenvalue weighted by Gasteiger charge is -2.75. The number of rotatable bonds is 8. The molecule has 1 saturated heterocycles. The lowest BCUT2D eigenvalue weighted by molar-refractivity contribution is -0.303. The second kappa shape index (κ2) is 7.64. The van der Waals surface area contributed by atoms with Crippen LogP contribution in [0.2, 0.25) is 0 Å². The maximum atomic E-state index is 12.2. The van der Waals surface area contributed by atoms with E-state index in [0.717, 1.165) is 62.5 Å². The van der Waals surface area contributed by atoms with Gasteiger partial charge < -0.3 is 19.3 Å². The smallest absolute Gasteiger partial charge is 0.165 e. The van der Waals surface area contributed by atoms with E-state index in [0.29, 0.717) is 12.0 Å². The molecule has 5 heteroatoms. The highest BCUT2D eigenvalue weighted by molar-refractivity contribution is 5.63. The Kier molecular flexibility index (Phi) is 5.05. The molecular formula is C31H45NO4. The normalized spacial score (nSPS) is 41.7. The van der Waals surface area contributed by atoms with Gasteiger partial charge in [0.25, 0.3) is 0 Å². The minimum atomic E-state index is -0.784. The molecular weight excluding hydrogens is 450 g/mol. The molecule has 5 fully saturated rings. The van der Waals surface area contributed by atoms with E-state index in [1.54, 1.807) is 7.11 Å². The molecule has 1 aromatic rings. The molecule has 198 valence electrons. The van der Waals surface area contributed by atoms with E-state index in [1.807, 2.05) is 7.11 Å². The van der Waals surface area contributed by atoms with Crippen LogP contribution in [0.15, 0.2) is 12.1 Å². The van der Waals surface area contributed by atoms with E-state index < -0.39 is 11.2 Å². The van der Waals surface area contributed by atoms with Gasteiger partial charge in [0.15, 0.2) is 11.5 Å². The monoisotopic (exact) mass is 495 g/mol. The number of fused-ring (bicyclic) bond motifs is 2. The molecule has 1 aromatic carbocycles. The molecule has 2 spiro atoms. The fourth-order valence-electron chi connectivity index (χ4n) is 10.0. The topological polar surface area (TPSA) is 51.2 Å². The average Bonchev–Trinajstić information content (AvgIpc) is 3.61. The van der Waals surface area contributed by atoms with E-state index in [-0.39, 0.29) is 22.9 Å². The first kappa shape index (κ1) is 23.8. The fraction of sp³-hybridized carbons (Fsp3) is 0.806. The average molecular weight is 496 g/mol. The summed E-state index contributed by atoms with van der Waals surface area (Å²) in [6.07, 6.45) is 9.96. The van der Waals surface area contributed by atoms with Crippen LogP contribution in [-0.2, 0) is 16.6 Å². The summed E-state index contributed by atoms with van der Waals surface area (Å²) < 4.78 is 19.7. The van der Waals surface area contributed by atoms with Crippen molar-refractivity contribution in [2.45, 2.75) is 107 Å². The van der Waals surface area contributed by atoms with Crippen LogP contribution >= 0.6 is 0 Å². The molecule has 8 rings (SSSR count). The lowest BCUT2D eigenvalue weighted by Crippen LogP contribution is -2.82. The van der Waals surface area contributed by atoms with E-state index in [9.17, 15) is 5.11 Å². The van der Waals surface area contributed by atoms with Crippen LogP contribution in [-0.4, -0.2) is 60.7 Å². The van der Waals surface area contributed by atoms with Gasteiger partial charge in [-0.25, -0.2) is 0 Å². The molecule has 0 aromatic heterocycles. The van der Waals surface area contributed by atoms with Gasteiger partial charge in [-0.15, -0.1) is 0 Å². The third-order valence-corrected chi connectivity index (χ3v) is 11.8. The summed E-state index contributed by atoms with van der Waals surface area (Å²) in [4.78, 5) is 2.87. The number of nitrogens with zero attached hydrogens (tertiary/aromatic N) is 1. The quantitative estimate of drug-likeness (QED) is 0.543. The van der Waals surface area contributed by atoms with Crippen molar-refractivity contribution >= 4 is 0 Å². The van der Waals surface area contributed by atoms with Crippen molar-refractivity contribution in [1.29, 1.82) is 0 Å². The Bertz CT molecular complexity index is 1060. The van der Waals surface area contributed by atoms with Crippen LogP contribution in [0.3, 0.4) is 0 Å². The second-order valence-corrected chi connectivity index (χ2v) is 13.9. The van der Waals surface area contributed by atoms with Crippen molar-refractivity contribution < 1.29 is 19.3 Å². The standard InChI is InChI=1S/C31H45NO4/c1-19(2)10-11-28(3,33)23-17-29-12-13-31(23,35-5)27-30(29)14-15-32(18-20-6-7-20)24(29)16-21-8-9-22(34-4)26(36-27)25(21)30/h8-9,19-20,23-24,27,33H,6-7,10-18H2,1-5H3/t23-,24-,27-,28-,29-,30+,31-/m1/s1. The van der Waals surface area contributed by atoms with Gasteiger partial charge in [-0.3, -0.25) is 4.90 Å². The molecule has 36 heavy (non-hydrogen) atoms. The number of methoxy groups -OCH3 is 2. The van der Waals surface area contributed by atoms with Gasteiger partial charge >= 0.3 is 0 Å². The van der Waals surface area contributed by atoms with Crippen molar-refractivity contribution in [2.75, 3.05) is 27.3 Å². The van der Waals surface area contributed by atoms with Crippen molar-refractivity contribution in [2.24, 2.45) is 23.2 Å². The number of ether oxygens (including phenoxy) is 3. The van der Waals surface area contributed by atoms with Crippen molar-refractivity contribution in [3.05, 3.63) is 23.3 Å². The Morgan fingerprint density at radius 2 is 2.00 bits per heavy atom. The first-order chi connectivity index (χ1) is 17.2. The second-order valence-electron chi connectivity index (χ2n) is 13.9. The largest absolute Gasteiger partial charge is 0.493 e. The Balaban J connectivity index is 1.41. The zero-order chi connectivity index (χ0) is 25.1. The molecule has 0 unspecified atom stereocenters. The summed E-state index contributed by atoms with van der Waals surface area (Å²) >= 11 is 0. The van der Waals surface area contributed by atoms with Crippen molar-refractivity contribution in [3.63, 3.8) is 0 Å². The number of aliphatic hydroxyl groups is 1. The first-order valence-electron chi connectivity index (χ1n) is 14.6. The van der Waals surface area contributed by atoms with Gasteiger partial charge in [0.05, 0.1) is 12.7 Å². The molecule has 7 atom stereocenters. The summed E-state index contributed by atoms with van der Waals surface area (Å²) in [5.41, 5.74) is 1.70. The fourth-order valence-corrected chi connectivity index (χ4v) is 10.0. The van der Waals surface area contributed by atoms with Gasteiger partial charge in [-0.05, 0) is 94.7 Å². The molecule has 4 saturated carbocycles. The molecule has 1 N–H and O–H groups in total. The van der Waals surface area contributed by atoms with Gasteiger partial charge in [0.1, 0.15) is 11.7 Å². The van der Waals surface area contributed by atoms with Crippen LogP contribution in [0.5, 0.6) is 11.5 Å². The number of hydrogen-bond acceptors (Lipinski definition) is 5. The molecule has 2 heterocycles. The Morgan fingerprint density at radius 3 is 2.69 bits per heavy atom. The highest BCUT2D eigenvalue weighted by atomic mass is 16.6. The molecule has 5 aliphatic carbocycles. The lowest BCUT2D eigenvalue weighted by atomic mass is 9.33. The number of benzene rings is 1. The Labute approximate surface area is 216 Å². The molecule has 2 aliphatic heterocycles. The van der Waals surface area contributed by atoms with E-state index in [1.165, 1.54) is 36.9 Å². The van der Waals surface area contributed by atoms with Crippen LogP contribution < -0.4 is 9.47 Å². The van der Waals surface area contributed by atoms with Crippen LogP contribution in [0.4, 0.5) is 0 Å². The van der Waals surface area contributed by atoms with Crippen LogP contribution in [0.25, 0.3) is 0 Å². The molecule has 0 amide bonds. The zero-order valence-electron chi connectivity index (χ0n) is 22.9. The summed E-state index contributed by atoms with van der Waals surface area (Å²) in [7, 11) is 3.65. The third kappa shape index (κ3) is 2.78. The maximum absolute atomic E-state index is 12.2. The summed E-state index contributed by atoms with van der Waals surface area (Å²) in [6, 6.07) is 4.96. The van der Waals surface area contributed by atoms with E-state index >= 15 is 0 Å². The maximum Gasteiger partial charge on any atom is 0.165 e. The van der Waals surface area contributed by atoms with Crippen molar-refractivity contribution in [3.8, 4) is 11.5 Å². The van der Waals surface area contributed by atoms with Gasteiger partial charge in [-0.2, -0.15) is 0 Å².